The maximum Gasteiger partial charge on any atom is 0.147 e. The molecule has 3 heteroatoms. The number of Topliss-reactive ketones (excluding diaryl/α,β-unsaturated/α-hetero) is 1. The monoisotopic (exact) mass is 195 g/mol. The van der Waals surface area contributed by atoms with E-state index in [1.807, 2.05) is 0 Å². The molecule has 0 aromatic carbocycles. The summed E-state index contributed by atoms with van der Waals surface area (Å²) in [6.45, 7) is 2.77. The highest BCUT2D eigenvalue weighted by Crippen LogP contribution is 2.49. The first-order valence-corrected chi connectivity index (χ1v) is 5.54. The van der Waals surface area contributed by atoms with Crippen molar-refractivity contribution < 1.29 is 9.53 Å². The zero-order valence-electron chi connectivity index (χ0n) is 8.77. The lowest BCUT2D eigenvalue weighted by atomic mass is 9.78. The third kappa shape index (κ3) is 0.971. The predicted molar refractivity (Wildman–Crippen MR) is 52.0 cm³/mol. The quantitative estimate of drug-likeness (QED) is 0.616. The van der Waals surface area contributed by atoms with Crippen LogP contribution < -0.4 is 0 Å². The van der Waals surface area contributed by atoms with Crippen molar-refractivity contribution in [2.75, 3.05) is 13.6 Å². The van der Waals surface area contributed by atoms with Crippen molar-refractivity contribution in [2.45, 2.75) is 38.0 Å². The summed E-state index contributed by atoms with van der Waals surface area (Å²) in [4.78, 5) is 13.8. The van der Waals surface area contributed by atoms with Crippen molar-refractivity contribution in [1.29, 1.82) is 0 Å². The third-order valence-electron chi connectivity index (χ3n) is 4.24. The molecule has 5 unspecified atom stereocenters. The summed E-state index contributed by atoms with van der Waals surface area (Å²) in [5, 5.41) is 0. The fourth-order valence-electron chi connectivity index (χ4n) is 3.81. The lowest BCUT2D eigenvalue weighted by molar-refractivity contribution is -0.122. The molecule has 0 aromatic heterocycles. The fraction of sp³-hybridized carbons (Fsp3) is 0.909. The van der Waals surface area contributed by atoms with Gasteiger partial charge in [0.1, 0.15) is 5.78 Å². The molecule has 3 rings (SSSR count). The Morgan fingerprint density at radius 3 is 2.79 bits per heavy atom. The second-order valence-corrected chi connectivity index (χ2v) is 5.03. The number of fused-ring (bicyclic) bond motifs is 5. The van der Waals surface area contributed by atoms with Gasteiger partial charge in [0.05, 0.1) is 18.2 Å². The number of carbonyl (C=O) groups excluding carboxylic acids is 1. The Morgan fingerprint density at radius 1 is 1.36 bits per heavy atom. The number of rotatable bonds is 1. The van der Waals surface area contributed by atoms with E-state index >= 15 is 0 Å². The lowest BCUT2D eigenvalue weighted by Crippen LogP contribution is -2.39. The molecule has 2 bridgehead atoms. The van der Waals surface area contributed by atoms with Gasteiger partial charge in [0.2, 0.25) is 0 Å². The number of likely N-dealkylation sites (tertiary alicyclic amines) is 1. The van der Waals surface area contributed by atoms with E-state index in [0.29, 0.717) is 29.8 Å². The first kappa shape index (κ1) is 8.86. The molecule has 3 nitrogen and oxygen atoms in total. The first-order chi connectivity index (χ1) is 6.68. The average Bonchev–Trinajstić information content (AvgIpc) is 2.70. The van der Waals surface area contributed by atoms with Gasteiger partial charge in [-0.15, -0.1) is 0 Å². The molecule has 14 heavy (non-hydrogen) atoms. The van der Waals surface area contributed by atoms with Crippen molar-refractivity contribution in [3.63, 3.8) is 0 Å². The molecule has 3 aliphatic heterocycles. The molecule has 0 aliphatic carbocycles. The molecule has 3 fully saturated rings. The lowest BCUT2D eigenvalue weighted by Gasteiger charge is -2.25. The van der Waals surface area contributed by atoms with Crippen LogP contribution in [-0.4, -0.2) is 42.5 Å². The number of ketones is 1. The zero-order chi connectivity index (χ0) is 9.87. The minimum absolute atomic E-state index is 0.135. The van der Waals surface area contributed by atoms with E-state index in [-0.39, 0.29) is 6.04 Å². The maximum absolute atomic E-state index is 11.6. The number of hydrogen-bond donors (Lipinski definition) is 0. The van der Waals surface area contributed by atoms with Crippen LogP contribution in [0.1, 0.15) is 19.8 Å². The highest BCUT2D eigenvalue weighted by atomic mass is 16.5. The highest BCUT2D eigenvalue weighted by molar-refractivity contribution is 5.82. The molecule has 0 saturated carbocycles. The smallest absolute Gasteiger partial charge is 0.147 e. The predicted octanol–water partition coefficient (Wildman–Crippen LogP) is 0.683. The summed E-state index contributed by atoms with van der Waals surface area (Å²) in [5.74, 6) is 1.44. The molecular weight excluding hydrogens is 178 g/mol. The second kappa shape index (κ2) is 2.80. The van der Waals surface area contributed by atoms with Gasteiger partial charge in [0.15, 0.2) is 0 Å². The van der Waals surface area contributed by atoms with Crippen LogP contribution in [0.25, 0.3) is 0 Å². The Morgan fingerprint density at radius 2 is 2.07 bits per heavy atom. The van der Waals surface area contributed by atoms with Crippen molar-refractivity contribution in [3.8, 4) is 0 Å². The highest BCUT2D eigenvalue weighted by Gasteiger charge is 2.57. The van der Waals surface area contributed by atoms with E-state index in [1.165, 1.54) is 12.8 Å². The van der Waals surface area contributed by atoms with Gasteiger partial charge in [-0.2, -0.15) is 0 Å². The van der Waals surface area contributed by atoms with Crippen molar-refractivity contribution in [1.82, 2.24) is 4.90 Å². The molecule has 0 spiro atoms. The van der Waals surface area contributed by atoms with E-state index in [4.69, 9.17) is 4.74 Å². The van der Waals surface area contributed by atoms with Gasteiger partial charge < -0.3 is 4.74 Å². The van der Waals surface area contributed by atoms with Gasteiger partial charge in [-0.1, -0.05) is 0 Å². The Balaban J connectivity index is 1.91. The van der Waals surface area contributed by atoms with Gasteiger partial charge in [-0.25, -0.2) is 0 Å². The summed E-state index contributed by atoms with van der Waals surface area (Å²) < 4.78 is 5.89. The molecular formula is C11H17NO2. The zero-order valence-corrected chi connectivity index (χ0v) is 8.77. The summed E-state index contributed by atoms with van der Waals surface area (Å²) in [5.41, 5.74) is 0. The minimum Gasteiger partial charge on any atom is -0.374 e. The van der Waals surface area contributed by atoms with Crippen molar-refractivity contribution in [3.05, 3.63) is 0 Å². The summed E-state index contributed by atoms with van der Waals surface area (Å²) in [7, 11) is 2.07. The van der Waals surface area contributed by atoms with Crippen LogP contribution in [0, 0.1) is 11.8 Å². The minimum atomic E-state index is 0.135. The number of carbonyl (C=O) groups is 1. The largest absolute Gasteiger partial charge is 0.374 e. The topological polar surface area (TPSA) is 29.5 Å². The number of hydrogen-bond acceptors (Lipinski definition) is 3. The van der Waals surface area contributed by atoms with E-state index < -0.39 is 0 Å². The maximum atomic E-state index is 11.6. The van der Waals surface area contributed by atoms with Crippen LogP contribution in [0.15, 0.2) is 0 Å². The molecule has 0 radical (unpaired) electrons. The molecule has 5 atom stereocenters. The van der Waals surface area contributed by atoms with E-state index in [2.05, 4.69) is 11.9 Å². The van der Waals surface area contributed by atoms with Crippen LogP contribution in [0.2, 0.25) is 0 Å². The van der Waals surface area contributed by atoms with Gasteiger partial charge in [0, 0.05) is 18.4 Å². The molecule has 0 N–H and O–H groups in total. The summed E-state index contributed by atoms with van der Waals surface area (Å²) in [6.07, 6.45) is 3.22. The van der Waals surface area contributed by atoms with Gasteiger partial charge in [-0.3, -0.25) is 9.69 Å². The van der Waals surface area contributed by atoms with Crippen molar-refractivity contribution in [2.24, 2.45) is 11.8 Å². The SMILES string of the molecule is CC(=O)C1C2C3CCC(O3)C2CN1C. The number of nitrogens with zero attached hydrogens (tertiary/aromatic N) is 1. The second-order valence-electron chi connectivity index (χ2n) is 5.03. The van der Waals surface area contributed by atoms with Crippen molar-refractivity contribution >= 4 is 5.78 Å². The average molecular weight is 195 g/mol. The summed E-state index contributed by atoms with van der Waals surface area (Å²) >= 11 is 0. The molecule has 78 valence electrons. The van der Waals surface area contributed by atoms with Crippen LogP contribution in [0.4, 0.5) is 0 Å². The molecule has 3 saturated heterocycles. The molecule has 3 heterocycles. The summed E-state index contributed by atoms with van der Waals surface area (Å²) in [6, 6.07) is 0.135. The van der Waals surface area contributed by atoms with Crippen LogP contribution in [0.3, 0.4) is 0 Å². The molecule has 3 aliphatic rings. The van der Waals surface area contributed by atoms with Gasteiger partial charge in [0.25, 0.3) is 0 Å². The third-order valence-corrected chi connectivity index (χ3v) is 4.24. The Bertz CT molecular complexity index is 278. The molecule has 0 aromatic rings. The van der Waals surface area contributed by atoms with E-state index in [0.717, 1.165) is 6.54 Å². The number of likely N-dealkylation sites (N-methyl/N-ethyl adjacent to an activating group) is 1. The first-order valence-electron chi connectivity index (χ1n) is 5.54. The van der Waals surface area contributed by atoms with Crippen LogP contribution in [-0.2, 0) is 9.53 Å². The number of ether oxygens (including phenoxy) is 1. The Labute approximate surface area is 84.4 Å². The van der Waals surface area contributed by atoms with Gasteiger partial charge in [-0.05, 0) is 26.8 Å². The van der Waals surface area contributed by atoms with Gasteiger partial charge >= 0.3 is 0 Å². The standard InChI is InChI=1S/C11H17NO2/c1-6(13)11-10-7(5-12(11)2)8-3-4-9(10)14-8/h7-11H,3-5H2,1-2H3. The Kier molecular flexibility index (Phi) is 1.77. The van der Waals surface area contributed by atoms with E-state index in [9.17, 15) is 4.79 Å². The molecule has 0 amide bonds. The Hall–Kier alpha value is -0.410. The van der Waals surface area contributed by atoms with Crippen LogP contribution in [0.5, 0.6) is 0 Å². The fourth-order valence-corrected chi connectivity index (χ4v) is 3.81. The van der Waals surface area contributed by atoms with E-state index in [1.54, 1.807) is 6.92 Å². The van der Waals surface area contributed by atoms with Crippen LogP contribution >= 0.6 is 0 Å². The normalized spacial score (nSPS) is 51.1.